The SMILES string of the molecule is CC(C)C(C(C)I)C(C)(C)CC(C)(C)SSC(C)(C)CC(C)(C)C(C)C. The highest BCUT2D eigenvalue weighted by Gasteiger charge is 2.40. The average Bonchev–Trinajstić information content (AvgIpc) is 2.32. The summed E-state index contributed by atoms with van der Waals surface area (Å²) >= 11 is 2.64. The number of halogens is 1. The molecule has 0 aliphatic carbocycles. The summed E-state index contributed by atoms with van der Waals surface area (Å²) in [6.45, 7) is 31.5. The largest absolute Gasteiger partial charge is 0.0873 e. The van der Waals surface area contributed by atoms with Gasteiger partial charge in [-0.05, 0) is 69.1 Å². The first-order valence-electron chi connectivity index (χ1n) is 10.3. The summed E-state index contributed by atoms with van der Waals surface area (Å²) in [5, 5.41) is 0. The number of hydrogen-bond donors (Lipinski definition) is 0. The molecule has 0 aromatic rings. The van der Waals surface area contributed by atoms with Crippen molar-refractivity contribution in [1.29, 1.82) is 0 Å². The Balaban J connectivity index is 5.03. The summed E-state index contributed by atoms with van der Waals surface area (Å²) in [6, 6.07) is 0. The van der Waals surface area contributed by atoms with Gasteiger partial charge in [-0.2, -0.15) is 0 Å². The Morgan fingerprint density at radius 1 is 0.654 bits per heavy atom. The summed E-state index contributed by atoms with van der Waals surface area (Å²) < 4.78 is 1.29. The highest BCUT2D eigenvalue weighted by molar-refractivity contribution is 14.1. The van der Waals surface area contributed by atoms with E-state index in [9.17, 15) is 0 Å². The number of rotatable bonds is 11. The minimum absolute atomic E-state index is 0.284. The van der Waals surface area contributed by atoms with Crippen molar-refractivity contribution < 1.29 is 0 Å². The summed E-state index contributed by atoms with van der Waals surface area (Å²) in [7, 11) is 4.23. The molecule has 0 bridgehead atoms. The van der Waals surface area contributed by atoms with Gasteiger partial charge < -0.3 is 0 Å². The van der Waals surface area contributed by atoms with Crippen molar-refractivity contribution in [2.75, 3.05) is 0 Å². The molecule has 0 rings (SSSR count). The van der Waals surface area contributed by atoms with E-state index < -0.39 is 0 Å². The third kappa shape index (κ3) is 9.29. The minimum atomic E-state index is 0.284. The lowest BCUT2D eigenvalue weighted by atomic mass is 9.67. The summed E-state index contributed by atoms with van der Waals surface area (Å²) in [4.78, 5) is 0. The molecule has 158 valence electrons. The van der Waals surface area contributed by atoms with Gasteiger partial charge in [0, 0.05) is 13.4 Å². The third-order valence-corrected chi connectivity index (χ3v) is 10.9. The van der Waals surface area contributed by atoms with Gasteiger partial charge in [-0.3, -0.25) is 0 Å². The molecule has 0 aromatic heterocycles. The quantitative estimate of drug-likeness (QED) is 0.153. The molecule has 0 aliphatic rings. The van der Waals surface area contributed by atoms with Gasteiger partial charge in [-0.25, -0.2) is 0 Å². The van der Waals surface area contributed by atoms with Crippen LogP contribution in [0, 0.1) is 28.6 Å². The van der Waals surface area contributed by atoms with Crippen LogP contribution >= 0.6 is 44.2 Å². The van der Waals surface area contributed by atoms with E-state index in [0.717, 1.165) is 17.8 Å². The fourth-order valence-electron chi connectivity index (χ4n) is 4.86. The molecule has 0 spiro atoms. The topological polar surface area (TPSA) is 0 Å². The summed E-state index contributed by atoms with van der Waals surface area (Å²) in [5.74, 6) is 2.20. The second-order valence-electron chi connectivity index (χ2n) is 11.6. The molecule has 0 fully saturated rings. The lowest BCUT2D eigenvalue weighted by Gasteiger charge is -2.44. The van der Waals surface area contributed by atoms with Gasteiger partial charge >= 0.3 is 0 Å². The lowest BCUT2D eigenvalue weighted by molar-refractivity contribution is 0.137. The Bertz CT molecular complexity index is 412. The molecule has 0 nitrogen and oxygen atoms in total. The smallest absolute Gasteiger partial charge is 0.0212 e. The molecule has 0 N–H and O–H groups in total. The highest BCUT2D eigenvalue weighted by Crippen LogP contribution is 2.53. The molecule has 3 heteroatoms. The van der Waals surface area contributed by atoms with E-state index in [1.807, 2.05) is 0 Å². The predicted octanol–water partition coefficient (Wildman–Crippen LogP) is 9.51. The van der Waals surface area contributed by atoms with E-state index >= 15 is 0 Å². The molecule has 0 radical (unpaired) electrons. The van der Waals surface area contributed by atoms with Crippen LogP contribution in [0.4, 0.5) is 0 Å². The maximum absolute atomic E-state index is 2.64. The van der Waals surface area contributed by atoms with Crippen LogP contribution in [-0.4, -0.2) is 13.4 Å². The van der Waals surface area contributed by atoms with Crippen LogP contribution in [0.25, 0.3) is 0 Å². The minimum Gasteiger partial charge on any atom is -0.0873 e. The normalized spacial score (nSPS) is 17.1. The molecule has 0 saturated heterocycles. The zero-order chi connectivity index (χ0) is 21.1. The van der Waals surface area contributed by atoms with Gasteiger partial charge in [0.1, 0.15) is 0 Å². The second kappa shape index (κ2) is 9.96. The Morgan fingerprint density at radius 2 is 1.00 bits per heavy atom. The van der Waals surface area contributed by atoms with Crippen LogP contribution in [0.1, 0.15) is 103 Å². The van der Waals surface area contributed by atoms with Gasteiger partial charge in [-0.15, -0.1) is 0 Å². The van der Waals surface area contributed by atoms with Gasteiger partial charge in [0.2, 0.25) is 0 Å². The Kier molecular flexibility index (Phi) is 10.5. The third-order valence-electron chi connectivity index (χ3n) is 5.93. The van der Waals surface area contributed by atoms with Gasteiger partial charge in [-0.1, -0.05) is 106 Å². The fraction of sp³-hybridized carbons (Fsp3) is 1.00. The zero-order valence-corrected chi connectivity index (χ0v) is 23.7. The molecule has 26 heavy (non-hydrogen) atoms. The fourth-order valence-corrected chi connectivity index (χ4v) is 9.68. The predicted molar refractivity (Wildman–Crippen MR) is 137 cm³/mol. The highest BCUT2D eigenvalue weighted by atomic mass is 127. The first kappa shape index (κ1) is 27.4. The monoisotopic (exact) mass is 514 g/mol. The van der Waals surface area contributed by atoms with Crippen molar-refractivity contribution in [3.63, 3.8) is 0 Å². The first-order valence-corrected chi connectivity index (χ1v) is 13.7. The lowest BCUT2D eigenvalue weighted by Crippen LogP contribution is -2.38. The molecular formula is C23H47IS2. The van der Waals surface area contributed by atoms with Crippen molar-refractivity contribution in [3.05, 3.63) is 0 Å². The number of alkyl halides is 1. The van der Waals surface area contributed by atoms with Crippen LogP contribution in [0.15, 0.2) is 0 Å². The van der Waals surface area contributed by atoms with E-state index in [-0.39, 0.29) is 4.75 Å². The molecular weight excluding hydrogens is 467 g/mol. The Labute approximate surface area is 188 Å². The maximum Gasteiger partial charge on any atom is 0.0212 e. The first-order chi connectivity index (χ1) is 11.3. The molecule has 0 heterocycles. The molecule has 0 aromatic carbocycles. The van der Waals surface area contributed by atoms with Crippen molar-refractivity contribution in [1.82, 2.24) is 0 Å². The summed E-state index contributed by atoms with van der Waals surface area (Å²) in [5.41, 5.74) is 0.743. The summed E-state index contributed by atoms with van der Waals surface area (Å²) in [6.07, 6.45) is 2.52. The zero-order valence-electron chi connectivity index (χ0n) is 19.9. The standard InChI is InChI=1S/C23H47IS2/c1-16(2)19(18(5)24)21(8,9)15-23(12,13)26-25-22(10,11)14-20(6,7)17(3)4/h16-19H,14-15H2,1-13H3. The van der Waals surface area contributed by atoms with Gasteiger partial charge in [0.15, 0.2) is 0 Å². The second-order valence-corrected chi connectivity index (χ2v) is 17.1. The van der Waals surface area contributed by atoms with Crippen LogP contribution in [-0.2, 0) is 0 Å². The van der Waals surface area contributed by atoms with Gasteiger partial charge in [0.25, 0.3) is 0 Å². The van der Waals surface area contributed by atoms with E-state index in [1.165, 1.54) is 12.8 Å². The van der Waals surface area contributed by atoms with E-state index in [4.69, 9.17) is 0 Å². The van der Waals surface area contributed by atoms with Crippen molar-refractivity contribution in [2.45, 2.75) is 116 Å². The average molecular weight is 515 g/mol. The molecule has 2 unspecified atom stereocenters. The van der Waals surface area contributed by atoms with Crippen molar-refractivity contribution in [3.8, 4) is 0 Å². The van der Waals surface area contributed by atoms with E-state index in [1.54, 1.807) is 0 Å². The molecule has 0 amide bonds. The number of hydrogen-bond acceptors (Lipinski definition) is 2. The van der Waals surface area contributed by atoms with E-state index in [0.29, 0.717) is 19.5 Å². The Morgan fingerprint density at radius 3 is 1.27 bits per heavy atom. The van der Waals surface area contributed by atoms with Crippen LogP contribution in [0.2, 0.25) is 0 Å². The van der Waals surface area contributed by atoms with Crippen LogP contribution in [0.3, 0.4) is 0 Å². The molecule has 0 aliphatic heterocycles. The Hall–Kier alpha value is 1.43. The van der Waals surface area contributed by atoms with E-state index in [2.05, 4.69) is 134 Å². The maximum atomic E-state index is 2.64. The van der Waals surface area contributed by atoms with Gasteiger partial charge in [0.05, 0.1) is 0 Å². The van der Waals surface area contributed by atoms with Crippen molar-refractivity contribution >= 4 is 44.2 Å². The van der Waals surface area contributed by atoms with Crippen molar-refractivity contribution in [2.24, 2.45) is 28.6 Å². The van der Waals surface area contributed by atoms with Crippen LogP contribution in [0.5, 0.6) is 0 Å². The molecule has 0 saturated carbocycles. The molecule has 2 atom stereocenters. The van der Waals surface area contributed by atoms with Crippen LogP contribution < -0.4 is 0 Å².